The number of hydrogen-bond donors (Lipinski definition) is 1. The fourth-order valence-electron chi connectivity index (χ4n) is 5.73. The third-order valence-electron chi connectivity index (χ3n) is 7.51. The van der Waals surface area contributed by atoms with Gasteiger partial charge in [0.05, 0.1) is 13.1 Å². The van der Waals surface area contributed by atoms with Gasteiger partial charge >= 0.3 is 5.97 Å². The van der Waals surface area contributed by atoms with Crippen molar-refractivity contribution in [2.75, 3.05) is 26.3 Å². The van der Waals surface area contributed by atoms with E-state index in [9.17, 15) is 14.3 Å². The number of nitrogens with zero attached hydrogens (tertiary/aromatic N) is 1. The molecule has 0 amide bonds. The van der Waals surface area contributed by atoms with Crippen molar-refractivity contribution in [1.82, 2.24) is 4.90 Å². The second-order valence-corrected chi connectivity index (χ2v) is 11.1. The Morgan fingerprint density at radius 1 is 1.03 bits per heavy atom. The predicted molar refractivity (Wildman–Crippen MR) is 156 cm³/mol. The molecule has 0 spiro atoms. The largest absolute Gasteiger partial charge is 0.489 e. The van der Waals surface area contributed by atoms with Gasteiger partial charge in [-0.15, -0.1) is 0 Å². The van der Waals surface area contributed by atoms with Gasteiger partial charge in [-0.05, 0) is 95.3 Å². The summed E-state index contributed by atoms with van der Waals surface area (Å²) < 4.78 is 18.8. The van der Waals surface area contributed by atoms with Crippen LogP contribution in [0.4, 0.5) is 4.39 Å². The Hall–Kier alpha value is -2.86. The zero-order valence-corrected chi connectivity index (χ0v) is 23.3. The standard InChI is InChI=1S/C32H32Cl2FNO3/c33-24-8-12-28(30(34)19-24)29-4-1-3-23-17-21(18-31(37)38)5-11-27(23)32(29)22-6-9-25(10-7-22)39-26-13-16-36(20-26)15-2-14-35/h5-12,17,19,26H,1-4,13-16,18,20H2,(H,37,38). The summed E-state index contributed by atoms with van der Waals surface area (Å²) in [6.07, 6.45) is 4.20. The number of benzene rings is 3. The maximum absolute atomic E-state index is 12.5. The lowest BCUT2D eigenvalue weighted by molar-refractivity contribution is -0.136. The highest BCUT2D eigenvalue weighted by Crippen LogP contribution is 2.42. The molecule has 0 radical (unpaired) electrons. The Balaban J connectivity index is 1.50. The number of likely N-dealkylation sites (tertiary alicyclic amines) is 1. The molecule has 1 heterocycles. The molecule has 1 N–H and O–H groups in total. The van der Waals surface area contributed by atoms with Gasteiger partial charge in [-0.25, -0.2) is 0 Å². The molecule has 7 heteroatoms. The number of ether oxygens (including phenoxy) is 1. The second kappa shape index (κ2) is 12.5. The topological polar surface area (TPSA) is 49.8 Å². The van der Waals surface area contributed by atoms with Gasteiger partial charge in [-0.1, -0.05) is 59.6 Å². The van der Waals surface area contributed by atoms with Crippen molar-refractivity contribution in [2.24, 2.45) is 0 Å². The average Bonchev–Trinajstić information content (AvgIpc) is 3.27. The Morgan fingerprint density at radius 3 is 2.56 bits per heavy atom. The number of aryl methyl sites for hydroxylation is 1. The lowest BCUT2D eigenvalue weighted by atomic mass is 9.87. The van der Waals surface area contributed by atoms with E-state index >= 15 is 0 Å². The smallest absolute Gasteiger partial charge is 0.307 e. The quantitative estimate of drug-likeness (QED) is 0.287. The van der Waals surface area contributed by atoms with Crippen molar-refractivity contribution in [3.05, 3.63) is 98.5 Å². The number of fused-ring (bicyclic) bond motifs is 1. The van der Waals surface area contributed by atoms with Gasteiger partial charge < -0.3 is 9.84 Å². The highest BCUT2D eigenvalue weighted by Gasteiger charge is 2.25. The van der Waals surface area contributed by atoms with Crippen LogP contribution in [0.5, 0.6) is 5.75 Å². The molecule has 1 aliphatic carbocycles. The molecule has 1 aliphatic heterocycles. The van der Waals surface area contributed by atoms with Gasteiger partial charge in [0, 0.05) is 29.7 Å². The molecule has 5 rings (SSSR count). The second-order valence-electron chi connectivity index (χ2n) is 10.3. The van der Waals surface area contributed by atoms with E-state index in [4.69, 9.17) is 27.9 Å². The Morgan fingerprint density at radius 2 is 1.82 bits per heavy atom. The van der Waals surface area contributed by atoms with E-state index in [2.05, 4.69) is 17.0 Å². The monoisotopic (exact) mass is 567 g/mol. The van der Waals surface area contributed by atoms with Crippen LogP contribution in [0.25, 0.3) is 11.1 Å². The van der Waals surface area contributed by atoms with Gasteiger partial charge in [-0.3, -0.25) is 14.1 Å². The minimum Gasteiger partial charge on any atom is -0.489 e. The molecule has 4 nitrogen and oxygen atoms in total. The van der Waals surface area contributed by atoms with E-state index in [-0.39, 0.29) is 19.2 Å². The minimum absolute atomic E-state index is 0.000601. The van der Waals surface area contributed by atoms with Crippen molar-refractivity contribution in [3.63, 3.8) is 0 Å². The lowest BCUT2D eigenvalue weighted by Crippen LogP contribution is -2.26. The Labute approximate surface area is 239 Å². The van der Waals surface area contributed by atoms with E-state index in [1.807, 2.05) is 42.5 Å². The number of allylic oxidation sites excluding steroid dienone is 1. The molecule has 0 saturated carbocycles. The fourth-order valence-corrected chi connectivity index (χ4v) is 6.25. The van der Waals surface area contributed by atoms with Crippen molar-refractivity contribution < 1.29 is 19.0 Å². The summed E-state index contributed by atoms with van der Waals surface area (Å²) in [5, 5.41) is 10.5. The maximum atomic E-state index is 12.5. The number of carboxylic acids is 1. The molecule has 2 aliphatic rings. The summed E-state index contributed by atoms with van der Waals surface area (Å²) in [6, 6.07) is 19.8. The number of aliphatic carboxylic acids is 1. The predicted octanol–water partition coefficient (Wildman–Crippen LogP) is 7.73. The molecule has 0 bridgehead atoms. The van der Waals surface area contributed by atoms with Crippen LogP contribution in [0.2, 0.25) is 10.0 Å². The third kappa shape index (κ3) is 6.66. The number of carboxylic acid groups (broad SMARTS) is 1. The molecule has 1 fully saturated rings. The summed E-state index contributed by atoms with van der Waals surface area (Å²) in [5.74, 6) is -0.0234. The zero-order valence-electron chi connectivity index (χ0n) is 21.8. The molecule has 3 aromatic carbocycles. The summed E-state index contributed by atoms with van der Waals surface area (Å²) in [4.78, 5) is 13.6. The highest BCUT2D eigenvalue weighted by molar-refractivity contribution is 6.36. The molecule has 39 heavy (non-hydrogen) atoms. The molecule has 1 unspecified atom stereocenters. The first-order valence-electron chi connectivity index (χ1n) is 13.5. The van der Waals surface area contributed by atoms with Crippen molar-refractivity contribution in [3.8, 4) is 5.75 Å². The zero-order chi connectivity index (χ0) is 27.4. The maximum Gasteiger partial charge on any atom is 0.307 e. The van der Waals surface area contributed by atoms with Gasteiger partial charge in [-0.2, -0.15) is 0 Å². The van der Waals surface area contributed by atoms with Crippen LogP contribution in [0.15, 0.2) is 60.7 Å². The number of hydrogen-bond acceptors (Lipinski definition) is 3. The van der Waals surface area contributed by atoms with Crippen LogP contribution in [-0.2, 0) is 17.6 Å². The number of halogens is 3. The first kappa shape index (κ1) is 27.7. The number of alkyl halides is 1. The van der Waals surface area contributed by atoms with Crippen LogP contribution < -0.4 is 4.74 Å². The summed E-state index contributed by atoms with van der Waals surface area (Å²) in [5.41, 5.74) is 7.29. The lowest BCUT2D eigenvalue weighted by Gasteiger charge is -2.19. The Kier molecular flexibility index (Phi) is 8.91. The molecule has 0 aromatic heterocycles. The van der Waals surface area contributed by atoms with Crippen LogP contribution in [0.3, 0.4) is 0 Å². The summed E-state index contributed by atoms with van der Waals surface area (Å²) in [7, 11) is 0. The van der Waals surface area contributed by atoms with Crippen LogP contribution >= 0.6 is 23.2 Å². The minimum atomic E-state index is -0.837. The fraction of sp³-hybridized carbons (Fsp3) is 0.344. The molecular formula is C32H32Cl2FNO3. The van der Waals surface area contributed by atoms with Crippen molar-refractivity contribution in [1.29, 1.82) is 0 Å². The SMILES string of the molecule is O=C(O)Cc1ccc2c(c1)CCCC(c1ccc(Cl)cc1Cl)=C2c1ccc(OC2CCN(CCCF)C2)cc1. The van der Waals surface area contributed by atoms with Gasteiger partial charge in [0.25, 0.3) is 0 Å². The van der Waals surface area contributed by atoms with E-state index in [1.54, 1.807) is 6.07 Å². The number of rotatable bonds is 9. The van der Waals surface area contributed by atoms with Gasteiger partial charge in [0.2, 0.25) is 0 Å². The Bertz CT molecular complexity index is 1370. The van der Waals surface area contributed by atoms with Crippen molar-refractivity contribution in [2.45, 2.75) is 44.6 Å². The van der Waals surface area contributed by atoms with E-state index in [0.717, 1.165) is 90.0 Å². The summed E-state index contributed by atoms with van der Waals surface area (Å²) >= 11 is 12.9. The molecule has 1 saturated heterocycles. The van der Waals surface area contributed by atoms with E-state index in [0.29, 0.717) is 16.5 Å². The van der Waals surface area contributed by atoms with E-state index < -0.39 is 5.97 Å². The molecule has 1 atom stereocenters. The third-order valence-corrected chi connectivity index (χ3v) is 8.06. The first-order valence-corrected chi connectivity index (χ1v) is 14.2. The molecule has 204 valence electrons. The molecular weight excluding hydrogens is 536 g/mol. The van der Waals surface area contributed by atoms with Crippen LogP contribution in [-0.4, -0.2) is 48.4 Å². The van der Waals surface area contributed by atoms with Crippen LogP contribution in [0.1, 0.15) is 53.5 Å². The highest BCUT2D eigenvalue weighted by atomic mass is 35.5. The first-order chi connectivity index (χ1) is 18.9. The average molecular weight is 569 g/mol. The van der Waals surface area contributed by atoms with Gasteiger partial charge in [0.1, 0.15) is 11.9 Å². The van der Waals surface area contributed by atoms with Crippen molar-refractivity contribution >= 4 is 40.3 Å². The van der Waals surface area contributed by atoms with E-state index in [1.165, 1.54) is 0 Å². The summed E-state index contributed by atoms with van der Waals surface area (Å²) in [6.45, 7) is 2.24. The van der Waals surface area contributed by atoms with Crippen LogP contribution in [0, 0.1) is 0 Å². The van der Waals surface area contributed by atoms with Gasteiger partial charge in [0.15, 0.2) is 0 Å². The normalized spacial score (nSPS) is 17.7. The molecule has 3 aromatic rings. The number of carbonyl (C=O) groups is 1.